The van der Waals surface area contributed by atoms with Crippen molar-refractivity contribution in [2.45, 2.75) is 6.42 Å². The minimum absolute atomic E-state index is 0.0119. The first-order valence-electron chi connectivity index (χ1n) is 8.43. The molecular formula is C19H13ClN4O6. The first-order chi connectivity index (χ1) is 14.3. The van der Waals surface area contributed by atoms with E-state index in [0.29, 0.717) is 22.6 Å². The van der Waals surface area contributed by atoms with Gasteiger partial charge in [-0.15, -0.1) is 0 Å². The summed E-state index contributed by atoms with van der Waals surface area (Å²) in [5, 5.41) is 25.6. The highest BCUT2D eigenvalue weighted by Crippen LogP contribution is 2.32. The number of nitrogens with one attached hydrogen (secondary N) is 1. The zero-order valence-corrected chi connectivity index (χ0v) is 15.9. The minimum atomic E-state index is -0.536. The van der Waals surface area contributed by atoms with Crippen molar-refractivity contribution in [2.75, 3.05) is 0 Å². The van der Waals surface area contributed by atoms with E-state index in [-0.39, 0.29) is 22.8 Å². The molecule has 2 aromatic carbocycles. The smallest absolute Gasteiger partial charge is 0.270 e. The normalized spacial score (nSPS) is 10.8. The molecule has 152 valence electrons. The second kappa shape index (κ2) is 8.97. The summed E-state index contributed by atoms with van der Waals surface area (Å²) >= 11 is 6.08. The van der Waals surface area contributed by atoms with Crippen LogP contribution in [0.1, 0.15) is 11.3 Å². The van der Waals surface area contributed by atoms with Crippen LogP contribution in [0.3, 0.4) is 0 Å². The Morgan fingerprint density at radius 1 is 1.03 bits per heavy atom. The van der Waals surface area contributed by atoms with Crippen LogP contribution in [0.2, 0.25) is 5.02 Å². The number of amides is 1. The largest absolute Gasteiger partial charge is 0.455 e. The van der Waals surface area contributed by atoms with Crippen LogP contribution in [-0.4, -0.2) is 22.0 Å². The van der Waals surface area contributed by atoms with Crippen molar-refractivity contribution >= 4 is 35.1 Å². The number of halogens is 1. The zero-order chi connectivity index (χ0) is 21.7. The third-order valence-electron chi connectivity index (χ3n) is 3.95. The van der Waals surface area contributed by atoms with Gasteiger partial charge in [0.15, 0.2) is 0 Å². The van der Waals surface area contributed by atoms with Crippen LogP contribution < -0.4 is 5.43 Å². The summed E-state index contributed by atoms with van der Waals surface area (Å²) in [5.41, 5.74) is 3.08. The van der Waals surface area contributed by atoms with Gasteiger partial charge in [0, 0.05) is 29.8 Å². The van der Waals surface area contributed by atoms with E-state index in [4.69, 9.17) is 16.0 Å². The van der Waals surface area contributed by atoms with Crippen LogP contribution in [0, 0.1) is 20.2 Å². The highest BCUT2D eigenvalue weighted by atomic mass is 35.5. The molecule has 11 heteroatoms. The fourth-order valence-corrected chi connectivity index (χ4v) is 2.72. The zero-order valence-electron chi connectivity index (χ0n) is 15.1. The molecule has 0 unspecified atom stereocenters. The first-order valence-corrected chi connectivity index (χ1v) is 8.80. The first kappa shape index (κ1) is 20.7. The predicted octanol–water partition coefficient (Wildman–Crippen LogP) is 4.11. The van der Waals surface area contributed by atoms with Gasteiger partial charge in [-0.25, -0.2) is 5.43 Å². The monoisotopic (exact) mass is 428 g/mol. The lowest BCUT2D eigenvalue weighted by molar-refractivity contribution is -0.385. The van der Waals surface area contributed by atoms with E-state index < -0.39 is 15.8 Å². The molecule has 1 aromatic heterocycles. The number of carbonyl (C=O) groups is 1. The number of nitro groups is 2. The number of non-ortho nitro benzene ring substituents is 2. The topological polar surface area (TPSA) is 141 Å². The molecule has 3 aromatic rings. The summed E-state index contributed by atoms with van der Waals surface area (Å²) in [4.78, 5) is 32.4. The van der Waals surface area contributed by atoms with Crippen LogP contribution in [0.15, 0.2) is 64.1 Å². The van der Waals surface area contributed by atoms with E-state index >= 15 is 0 Å². The third kappa shape index (κ3) is 5.06. The van der Waals surface area contributed by atoms with Gasteiger partial charge in [-0.3, -0.25) is 25.0 Å². The summed E-state index contributed by atoms with van der Waals surface area (Å²) in [6.07, 6.45) is 1.25. The van der Waals surface area contributed by atoms with Gasteiger partial charge in [0.25, 0.3) is 11.4 Å². The second-order valence-corrected chi connectivity index (χ2v) is 6.42. The maximum atomic E-state index is 11.9. The number of hydrogen-bond donors (Lipinski definition) is 1. The number of carbonyl (C=O) groups excluding carboxylic acids is 1. The average molecular weight is 429 g/mol. The summed E-state index contributed by atoms with van der Waals surface area (Å²) in [5.74, 6) is 0.180. The number of nitrogens with zero attached hydrogens (tertiary/aromatic N) is 3. The lowest BCUT2D eigenvalue weighted by Gasteiger charge is -2.01. The summed E-state index contributed by atoms with van der Waals surface area (Å²) in [6, 6.07) is 12.7. The van der Waals surface area contributed by atoms with Crippen molar-refractivity contribution in [1.29, 1.82) is 0 Å². The van der Waals surface area contributed by atoms with Gasteiger partial charge in [0.05, 0.1) is 27.5 Å². The van der Waals surface area contributed by atoms with E-state index in [1.807, 2.05) is 0 Å². The van der Waals surface area contributed by atoms with E-state index in [0.717, 1.165) is 0 Å². The molecule has 1 heterocycles. The molecule has 0 atom stereocenters. The van der Waals surface area contributed by atoms with Gasteiger partial charge in [0.1, 0.15) is 11.5 Å². The minimum Gasteiger partial charge on any atom is -0.455 e. The van der Waals surface area contributed by atoms with Gasteiger partial charge in [0.2, 0.25) is 5.91 Å². The van der Waals surface area contributed by atoms with Crippen molar-refractivity contribution in [3.05, 3.63) is 91.2 Å². The maximum absolute atomic E-state index is 11.9. The van der Waals surface area contributed by atoms with E-state index in [1.54, 1.807) is 12.1 Å². The van der Waals surface area contributed by atoms with Crippen LogP contribution in [-0.2, 0) is 11.2 Å². The Hall–Kier alpha value is -4.05. The quantitative estimate of drug-likeness (QED) is 0.341. The second-order valence-electron chi connectivity index (χ2n) is 6.02. The van der Waals surface area contributed by atoms with E-state index in [2.05, 4.69) is 10.5 Å². The summed E-state index contributed by atoms with van der Waals surface area (Å²) < 4.78 is 5.55. The molecule has 30 heavy (non-hydrogen) atoms. The van der Waals surface area contributed by atoms with E-state index in [1.165, 1.54) is 48.7 Å². The van der Waals surface area contributed by atoms with Crippen molar-refractivity contribution in [3.8, 4) is 11.3 Å². The van der Waals surface area contributed by atoms with Crippen LogP contribution >= 0.6 is 11.6 Å². The molecule has 1 amide bonds. The number of nitro benzene ring substituents is 2. The molecule has 0 spiro atoms. The Morgan fingerprint density at radius 2 is 1.70 bits per heavy atom. The molecule has 0 aliphatic carbocycles. The van der Waals surface area contributed by atoms with Gasteiger partial charge >= 0.3 is 0 Å². The molecule has 0 saturated heterocycles. The molecule has 10 nitrogen and oxygen atoms in total. The number of rotatable bonds is 7. The lowest BCUT2D eigenvalue weighted by Crippen LogP contribution is -2.19. The molecule has 1 N–H and O–H groups in total. The van der Waals surface area contributed by atoms with Gasteiger partial charge in [-0.1, -0.05) is 23.7 Å². The Balaban J connectivity index is 1.62. The highest BCUT2D eigenvalue weighted by Gasteiger charge is 2.14. The molecule has 0 saturated carbocycles. The summed E-state index contributed by atoms with van der Waals surface area (Å²) in [7, 11) is 0. The van der Waals surface area contributed by atoms with Crippen molar-refractivity contribution in [2.24, 2.45) is 5.10 Å². The average Bonchev–Trinajstić information content (AvgIpc) is 3.17. The number of hydrogen-bond acceptors (Lipinski definition) is 7. The molecule has 0 aliphatic heterocycles. The molecule has 0 aliphatic rings. The van der Waals surface area contributed by atoms with Crippen molar-refractivity contribution < 1.29 is 19.1 Å². The molecule has 3 rings (SSSR count). The van der Waals surface area contributed by atoms with Crippen LogP contribution in [0.5, 0.6) is 0 Å². The highest BCUT2D eigenvalue weighted by molar-refractivity contribution is 6.33. The molecule has 0 radical (unpaired) electrons. The number of benzene rings is 2. The Labute approximate surface area is 174 Å². The lowest BCUT2D eigenvalue weighted by atomic mass is 10.1. The molecule has 0 fully saturated rings. The van der Waals surface area contributed by atoms with Crippen LogP contribution in [0.25, 0.3) is 11.3 Å². The Morgan fingerprint density at radius 3 is 2.37 bits per heavy atom. The third-order valence-corrected chi connectivity index (χ3v) is 4.28. The predicted molar refractivity (Wildman–Crippen MR) is 108 cm³/mol. The standard InChI is InChI=1S/C19H13ClN4O6/c20-17-7-5-14(24(28)29)10-16(17)18-8-6-15(30-18)11-21-22-19(25)9-12-1-3-13(4-2-12)23(26)27/h1-8,10-11H,9H2,(H,22,25)/b21-11-. The van der Waals surface area contributed by atoms with Crippen molar-refractivity contribution in [3.63, 3.8) is 0 Å². The SMILES string of the molecule is O=C(Cc1ccc([N+](=O)[O-])cc1)N/N=C\c1ccc(-c2cc([N+](=O)[O-])ccc2Cl)o1. The number of hydrazone groups is 1. The molecular weight excluding hydrogens is 416 g/mol. The van der Waals surface area contributed by atoms with Crippen LogP contribution in [0.4, 0.5) is 11.4 Å². The fourth-order valence-electron chi connectivity index (χ4n) is 2.51. The van der Waals surface area contributed by atoms with Crippen molar-refractivity contribution in [1.82, 2.24) is 5.43 Å². The Bertz CT molecular complexity index is 1140. The molecule has 0 bridgehead atoms. The van der Waals surface area contributed by atoms with E-state index in [9.17, 15) is 25.0 Å². The number of furan rings is 1. The maximum Gasteiger partial charge on any atom is 0.270 e. The van der Waals surface area contributed by atoms with Gasteiger partial charge in [-0.2, -0.15) is 5.10 Å². The van der Waals surface area contributed by atoms with Gasteiger partial charge < -0.3 is 4.42 Å². The van der Waals surface area contributed by atoms with Gasteiger partial charge in [-0.05, 0) is 23.8 Å². The Kier molecular flexibility index (Phi) is 6.18. The summed E-state index contributed by atoms with van der Waals surface area (Å²) in [6.45, 7) is 0. The fraction of sp³-hybridized carbons (Fsp3) is 0.0526.